The first-order valence-corrected chi connectivity index (χ1v) is 19.9. The van der Waals surface area contributed by atoms with Gasteiger partial charge in [-0.25, -0.2) is 4.90 Å². The maximum absolute atomic E-state index is 14.2. The van der Waals surface area contributed by atoms with Gasteiger partial charge in [0.05, 0.1) is 23.4 Å². The van der Waals surface area contributed by atoms with Gasteiger partial charge in [0.25, 0.3) is 5.91 Å². The normalized spacial score (nSPS) is 16.9. The highest BCUT2D eigenvalue weighted by atomic mass is 16.5. The third-order valence-corrected chi connectivity index (χ3v) is 11.9. The van der Waals surface area contributed by atoms with Gasteiger partial charge in [-0.3, -0.25) is 24.1 Å². The quantitative estimate of drug-likeness (QED) is 0.154. The molecular formula is C51H38N2O6. The van der Waals surface area contributed by atoms with Gasteiger partial charge in [-0.05, 0) is 113 Å². The maximum atomic E-state index is 14.2. The summed E-state index contributed by atoms with van der Waals surface area (Å²) in [5.74, 6) is -1.97. The Hall–Kier alpha value is -7.32. The van der Waals surface area contributed by atoms with E-state index in [0.29, 0.717) is 47.3 Å². The molecule has 1 N–H and O–H groups in total. The number of hydrogen-bond acceptors (Lipinski definition) is 6. The number of aryl methyl sites for hydroxylation is 4. The summed E-state index contributed by atoms with van der Waals surface area (Å²) in [6.07, 6.45) is 4.60. The Morgan fingerprint density at radius 3 is 1.90 bits per heavy atom. The Balaban J connectivity index is 1.01. The molecule has 7 aliphatic rings. The molecule has 7 aliphatic heterocycles. The molecule has 7 aromatic carbocycles. The maximum Gasteiger partial charge on any atom is 0.301 e. The number of imide groups is 2. The van der Waals surface area contributed by atoms with Crippen LogP contribution in [-0.4, -0.2) is 28.7 Å². The highest BCUT2D eigenvalue weighted by molar-refractivity contribution is 6.30. The number of nitrogens with zero attached hydrogens (tertiary/aromatic N) is 2. The van der Waals surface area contributed by atoms with Crippen LogP contribution >= 0.6 is 0 Å². The minimum Gasteiger partial charge on any atom is -0.507 e. The molecule has 1 unspecified atom stereocenters. The minimum absolute atomic E-state index is 0.0354. The number of aromatic hydroxyl groups is 1. The summed E-state index contributed by atoms with van der Waals surface area (Å²) < 4.78 is 6.19. The van der Waals surface area contributed by atoms with Crippen molar-refractivity contribution >= 4 is 56.5 Å². The van der Waals surface area contributed by atoms with Crippen LogP contribution in [0, 0.1) is 0 Å². The number of carbonyl (C=O) groups is 4. The van der Waals surface area contributed by atoms with Crippen molar-refractivity contribution in [2.75, 3.05) is 9.80 Å². The zero-order valence-electron chi connectivity index (χ0n) is 32.1. The highest BCUT2D eigenvalue weighted by Gasteiger charge is 2.43. The number of phenolic OH excluding ortho intramolecular Hbond substituents is 1. The Labute approximate surface area is 340 Å². The molecule has 1 fully saturated rings. The summed E-state index contributed by atoms with van der Waals surface area (Å²) in [4.78, 5) is 57.0. The summed E-state index contributed by atoms with van der Waals surface area (Å²) in [5, 5.41) is 15.1. The van der Waals surface area contributed by atoms with E-state index in [1.54, 1.807) is 24.3 Å². The summed E-state index contributed by atoms with van der Waals surface area (Å²) in [7, 11) is 0. The topological polar surface area (TPSA) is 104 Å². The predicted octanol–water partition coefficient (Wildman–Crippen LogP) is 9.06. The average Bonchev–Trinajstić information content (AvgIpc) is 3.70. The van der Waals surface area contributed by atoms with E-state index in [1.807, 2.05) is 72.8 Å². The van der Waals surface area contributed by atoms with Crippen LogP contribution in [0.2, 0.25) is 0 Å². The minimum atomic E-state index is -0.818. The van der Waals surface area contributed by atoms with E-state index < -0.39 is 17.7 Å². The predicted molar refractivity (Wildman–Crippen MR) is 228 cm³/mol. The third-order valence-electron chi connectivity index (χ3n) is 11.9. The van der Waals surface area contributed by atoms with Crippen molar-refractivity contribution in [1.29, 1.82) is 0 Å². The highest BCUT2D eigenvalue weighted by Crippen LogP contribution is 2.43. The van der Waals surface area contributed by atoms with Crippen molar-refractivity contribution in [2.24, 2.45) is 0 Å². The van der Waals surface area contributed by atoms with E-state index >= 15 is 0 Å². The molecule has 8 nitrogen and oxygen atoms in total. The molecule has 7 aromatic rings. The molecule has 12 bridgehead atoms. The zero-order valence-corrected chi connectivity index (χ0v) is 32.1. The van der Waals surface area contributed by atoms with Crippen molar-refractivity contribution in [2.45, 2.75) is 44.4 Å². The van der Waals surface area contributed by atoms with Crippen molar-refractivity contribution in [3.05, 3.63) is 190 Å². The van der Waals surface area contributed by atoms with Crippen LogP contribution in [-0.2, 0) is 51.3 Å². The Kier molecular flexibility index (Phi) is 8.90. The monoisotopic (exact) mass is 774 g/mol. The van der Waals surface area contributed by atoms with E-state index in [2.05, 4.69) is 42.5 Å². The van der Waals surface area contributed by atoms with Gasteiger partial charge in [-0.15, -0.1) is 0 Å². The van der Waals surface area contributed by atoms with Gasteiger partial charge >= 0.3 is 5.91 Å². The zero-order chi connectivity index (χ0) is 40.2. The fourth-order valence-electron chi connectivity index (χ4n) is 8.75. The third kappa shape index (κ3) is 6.62. The summed E-state index contributed by atoms with van der Waals surface area (Å²) >= 11 is 0. The smallest absolute Gasteiger partial charge is 0.301 e. The second kappa shape index (κ2) is 14.6. The van der Waals surface area contributed by atoms with Crippen molar-refractivity contribution in [3.63, 3.8) is 0 Å². The van der Waals surface area contributed by atoms with Gasteiger partial charge < -0.3 is 9.84 Å². The fourth-order valence-corrected chi connectivity index (χ4v) is 8.75. The lowest BCUT2D eigenvalue weighted by Crippen LogP contribution is -2.31. The average molecular weight is 775 g/mol. The number of rotatable bonds is 0. The number of ether oxygens (including phenoxy) is 1. The Bertz CT molecular complexity index is 2900. The van der Waals surface area contributed by atoms with Crippen molar-refractivity contribution in [3.8, 4) is 11.5 Å². The van der Waals surface area contributed by atoms with Crippen LogP contribution in [0.4, 0.5) is 11.4 Å². The SMILES string of the molecule is O=C1C=C2Oc3cccc4ccc(cc34)CCc3ccc(cc3)CCc3cc4ccccc4c(O)c3C3CC(=O)N(C3=O)c3ccc(cc3)Cc3ccc(cc3)N1C2=O. The van der Waals surface area contributed by atoms with Gasteiger partial charge in [0.1, 0.15) is 11.5 Å². The molecule has 59 heavy (non-hydrogen) atoms. The molecule has 1 saturated heterocycles. The summed E-state index contributed by atoms with van der Waals surface area (Å²) in [5.41, 5.74) is 7.59. The molecule has 1 atom stereocenters. The lowest BCUT2D eigenvalue weighted by atomic mass is 9.86. The standard InChI is InChI=1S/C51H38N2O6/c54-46-29-43-48-38(28-37-4-1-2-6-41(37)49(48)56)21-14-32-10-8-31(9-11-32)12-13-35-15-20-36-5-3-7-44(42(36)27-35)59-45-30-47(55)53(51(45)58)40-24-18-34(19-25-40)26-33-16-22-39(23-17-33)52(46)50(43)57/h1-11,15-20,22-25,27-28,30,43,56H,12-14,21,26,29H2. The number of fused-ring (bicyclic) bond motifs is 2. The van der Waals surface area contributed by atoms with Gasteiger partial charge in [0.2, 0.25) is 11.8 Å². The van der Waals surface area contributed by atoms with Gasteiger partial charge in [-0.1, -0.05) is 103 Å². The lowest BCUT2D eigenvalue weighted by Gasteiger charge is -2.20. The first kappa shape index (κ1) is 36.0. The number of benzene rings is 7. The van der Waals surface area contributed by atoms with Gasteiger partial charge in [-0.2, -0.15) is 0 Å². The largest absolute Gasteiger partial charge is 0.507 e. The molecule has 0 radical (unpaired) electrons. The number of carbonyl (C=O) groups excluding carboxylic acids is 4. The van der Waals surface area contributed by atoms with Crippen LogP contribution in [0.15, 0.2) is 151 Å². The van der Waals surface area contributed by atoms with E-state index in [0.717, 1.165) is 61.7 Å². The van der Waals surface area contributed by atoms with Crippen molar-refractivity contribution in [1.82, 2.24) is 0 Å². The first-order valence-electron chi connectivity index (χ1n) is 19.9. The first-order chi connectivity index (χ1) is 28.8. The number of phenols is 1. The molecular weight excluding hydrogens is 737 g/mol. The molecule has 7 heterocycles. The van der Waals surface area contributed by atoms with E-state index in [1.165, 1.54) is 16.5 Å². The molecule has 0 aliphatic carbocycles. The molecule has 0 aromatic heterocycles. The summed E-state index contributed by atoms with van der Waals surface area (Å²) in [6, 6.07) is 44.7. The molecule has 288 valence electrons. The van der Waals surface area contributed by atoms with Gasteiger partial charge in [0, 0.05) is 22.8 Å². The number of amides is 4. The molecule has 8 heteroatoms. The van der Waals surface area contributed by atoms with Crippen LogP contribution < -0.4 is 14.5 Å². The lowest BCUT2D eigenvalue weighted by molar-refractivity contribution is -0.122. The van der Waals surface area contributed by atoms with Gasteiger partial charge in [0.15, 0.2) is 5.76 Å². The van der Waals surface area contributed by atoms with E-state index in [4.69, 9.17) is 4.74 Å². The van der Waals surface area contributed by atoms with E-state index in [9.17, 15) is 24.3 Å². The number of hydrogen-bond donors (Lipinski definition) is 1. The molecule has 0 saturated carbocycles. The van der Waals surface area contributed by atoms with Crippen LogP contribution in [0.25, 0.3) is 21.5 Å². The second-order valence-corrected chi connectivity index (χ2v) is 15.6. The Morgan fingerprint density at radius 1 is 0.559 bits per heavy atom. The Morgan fingerprint density at radius 2 is 1.17 bits per heavy atom. The number of anilines is 2. The molecule has 0 spiro atoms. The second-order valence-electron chi connectivity index (χ2n) is 15.6. The summed E-state index contributed by atoms with van der Waals surface area (Å²) in [6.45, 7) is 0. The molecule has 4 amide bonds. The molecule has 14 rings (SSSR count). The van der Waals surface area contributed by atoms with Crippen LogP contribution in [0.3, 0.4) is 0 Å². The van der Waals surface area contributed by atoms with Crippen molar-refractivity contribution < 1.29 is 29.0 Å². The van der Waals surface area contributed by atoms with Crippen LogP contribution in [0.1, 0.15) is 51.3 Å². The van der Waals surface area contributed by atoms with Crippen LogP contribution in [0.5, 0.6) is 11.5 Å². The van der Waals surface area contributed by atoms with E-state index in [-0.39, 0.29) is 29.7 Å². The fraction of sp³-hybridized carbons (Fsp3) is 0.137.